The third-order valence-electron chi connectivity index (χ3n) is 3.40. The van der Waals surface area contributed by atoms with Gasteiger partial charge in [0.25, 0.3) is 5.91 Å². The van der Waals surface area contributed by atoms with E-state index in [1.165, 1.54) is 11.3 Å². The number of hydrogen-bond donors (Lipinski definition) is 1. The number of aromatic nitrogens is 1. The van der Waals surface area contributed by atoms with Crippen LogP contribution in [-0.4, -0.2) is 30.1 Å². The second-order valence-electron chi connectivity index (χ2n) is 5.11. The minimum atomic E-state index is -0.00981. The number of amides is 1. The summed E-state index contributed by atoms with van der Waals surface area (Å²) < 4.78 is 5.71. The Morgan fingerprint density at radius 2 is 2.44 bits per heavy atom. The van der Waals surface area contributed by atoms with E-state index in [-0.39, 0.29) is 12.0 Å². The first-order valence-electron chi connectivity index (χ1n) is 6.39. The van der Waals surface area contributed by atoms with Gasteiger partial charge in [-0.15, -0.1) is 11.3 Å². The summed E-state index contributed by atoms with van der Waals surface area (Å²) >= 11 is 1.39. The summed E-state index contributed by atoms with van der Waals surface area (Å²) in [4.78, 5) is 16.8. The molecule has 1 aliphatic rings. The molecule has 1 aromatic heterocycles. The molecule has 100 valence electrons. The highest BCUT2D eigenvalue weighted by atomic mass is 32.1. The molecule has 0 bridgehead atoms. The number of carbonyl (C=O) groups is 1. The summed E-state index contributed by atoms with van der Waals surface area (Å²) in [6.07, 6.45) is 1.30. The van der Waals surface area contributed by atoms with Crippen molar-refractivity contribution in [1.29, 1.82) is 0 Å². The monoisotopic (exact) mass is 268 g/mol. The van der Waals surface area contributed by atoms with E-state index in [0.29, 0.717) is 18.4 Å². The van der Waals surface area contributed by atoms with Gasteiger partial charge in [0.2, 0.25) is 0 Å². The maximum absolute atomic E-state index is 12.0. The molecule has 1 saturated heterocycles. The minimum absolute atomic E-state index is 0.00981. The predicted octanol–water partition coefficient (Wildman–Crippen LogP) is 2.24. The fourth-order valence-electron chi connectivity index (χ4n) is 2.43. The van der Waals surface area contributed by atoms with E-state index in [2.05, 4.69) is 24.1 Å². The lowest BCUT2D eigenvalue weighted by molar-refractivity contribution is 0.0533. The SMILES string of the molecule is Cc1ncsc1C(=O)NC[C@H]1CCO[C@@H]1C(C)C. The van der Waals surface area contributed by atoms with Gasteiger partial charge in [0.1, 0.15) is 4.88 Å². The molecule has 5 heteroatoms. The molecule has 2 atom stereocenters. The quantitative estimate of drug-likeness (QED) is 0.911. The number of nitrogens with one attached hydrogen (secondary N) is 1. The molecule has 1 amide bonds. The first-order valence-corrected chi connectivity index (χ1v) is 7.27. The molecule has 2 rings (SSSR count). The third kappa shape index (κ3) is 2.90. The smallest absolute Gasteiger partial charge is 0.263 e. The molecule has 1 N–H and O–H groups in total. The van der Waals surface area contributed by atoms with Crippen LogP contribution in [0.25, 0.3) is 0 Å². The van der Waals surface area contributed by atoms with Crippen molar-refractivity contribution in [2.45, 2.75) is 33.3 Å². The van der Waals surface area contributed by atoms with Crippen LogP contribution in [0.4, 0.5) is 0 Å². The lowest BCUT2D eigenvalue weighted by atomic mass is 9.93. The van der Waals surface area contributed by atoms with Gasteiger partial charge in [-0.05, 0) is 19.3 Å². The Morgan fingerprint density at radius 1 is 1.67 bits per heavy atom. The van der Waals surface area contributed by atoms with E-state index in [1.54, 1.807) is 5.51 Å². The Bertz CT molecular complexity index is 417. The van der Waals surface area contributed by atoms with Crippen LogP contribution in [0.2, 0.25) is 0 Å². The van der Waals surface area contributed by atoms with Crippen LogP contribution in [0.3, 0.4) is 0 Å². The maximum atomic E-state index is 12.0. The highest BCUT2D eigenvalue weighted by molar-refractivity contribution is 7.11. The number of aryl methyl sites for hydroxylation is 1. The molecule has 0 unspecified atom stereocenters. The van der Waals surface area contributed by atoms with Crippen molar-refractivity contribution in [3.63, 3.8) is 0 Å². The van der Waals surface area contributed by atoms with Crippen LogP contribution >= 0.6 is 11.3 Å². The van der Waals surface area contributed by atoms with Crippen molar-refractivity contribution in [2.24, 2.45) is 11.8 Å². The highest BCUT2D eigenvalue weighted by Gasteiger charge is 2.30. The number of thiazole rings is 1. The fraction of sp³-hybridized carbons (Fsp3) is 0.692. The highest BCUT2D eigenvalue weighted by Crippen LogP contribution is 2.26. The second-order valence-corrected chi connectivity index (χ2v) is 5.96. The minimum Gasteiger partial charge on any atom is -0.378 e. The zero-order valence-electron chi connectivity index (χ0n) is 11.1. The number of carbonyl (C=O) groups excluding carboxylic acids is 1. The largest absolute Gasteiger partial charge is 0.378 e. The van der Waals surface area contributed by atoms with Crippen molar-refractivity contribution in [3.8, 4) is 0 Å². The van der Waals surface area contributed by atoms with E-state index >= 15 is 0 Å². The van der Waals surface area contributed by atoms with Crippen LogP contribution in [0.1, 0.15) is 35.6 Å². The third-order valence-corrected chi connectivity index (χ3v) is 4.32. The molecule has 2 heterocycles. The van der Waals surface area contributed by atoms with Crippen LogP contribution < -0.4 is 5.32 Å². The molecule has 0 saturated carbocycles. The molecule has 0 aromatic carbocycles. The number of rotatable bonds is 4. The number of nitrogens with zero attached hydrogens (tertiary/aromatic N) is 1. The Labute approximate surface area is 112 Å². The fourth-order valence-corrected chi connectivity index (χ4v) is 3.15. The van der Waals surface area contributed by atoms with Gasteiger partial charge in [-0.1, -0.05) is 13.8 Å². The summed E-state index contributed by atoms with van der Waals surface area (Å²) in [5.74, 6) is 0.922. The van der Waals surface area contributed by atoms with Crippen molar-refractivity contribution in [1.82, 2.24) is 10.3 Å². The maximum Gasteiger partial charge on any atom is 0.263 e. The van der Waals surface area contributed by atoms with Crippen molar-refractivity contribution in [2.75, 3.05) is 13.2 Å². The molecule has 4 nitrogen and oxygen atoms in total. The van der Waals surface area contributed by atoms with Gasteiger partial charge in [0.05, 0.1) is 17.3 Å². The predicted molar refractivity (Wildman–Crippen MR) is 71.9 cm³/mol. The Morgan fingerprint density at radius 3 is 3.06 bits per heavy atom. The summed E-state index contributed by atoms with van der Waals surface area (Å²) in [5.41, 5.74) is 2.51. The average molecular weight is 268 g/mol. The Hall–Kier alpha value is -0.940. The van der Waals surface area contributed by atoms with E-state index < -0.39 is 0 Å². The molecule has 1 aromatic rings. The van der Waals surface area contributed by atoms with E-state index in [9.17, 15) is 4.79 Å². The lowest BCUT2D eigenvalue weighted by Crippen LogP contribution is -2.34. The van der Waals surface area contributed by atoms with Crippen LogP contribution in [0, 0.1) is 18.8 Å². The van der Waals surface area contributed by atoms with Gasteiger partial charge in [0, 0.05) is 19.1 Å². The zero-order chi connectivity index (χ0) is 13.1. The van der Waals surface area contributed by atoms with Gasteiger partial charge in [0.15, 0.2) is 0 Å². The second kappa shape index (κ2) is 5.80. The summed E-state index contributed by atoms with van der Waals surface area (Å²) in [6.45, 7) is 7.69. The van der Waals surface area contributed by atoms with Gasteiger partial charge in [-0.25, -0.2) is 4.98 Å². The van der Waals surface area contributed by atoms with E-state index in [1.807, 2.05) is 6.92 Å². The number of ether oxygens (including phenoxy) is 1. The van der Waals surface area contributed by atoms with E-state index in [4.69, 9.17) is 4.74 Å². The molecular formula is C13H20N2O2S. The topological polar surface area (TPSA) is 51.2 Å². The van der Waals surface area contributed by atoms with Gasteiger partial charge in [-0.2, -0.15) is 0 Å². The standard InChI is InChI=1S/C13H20N2O2S/c1-8(2)11-10(4-5-17-11)6-14-13(16)12-9(3)15-7-18-12/h7-8,10-11H,4-6H2,1-3H3,(H,14,16)/t10-,11-/m1/s1. The van der Waals surface area contributed by atoms with Crippen LogP contribution in [0.15, 0.2) is 5.51 Å². The Balaban J connectivity index is 1.88. The van der Waals surface area contributed by atoms with E-state index in [0.717, 1.165) is 23.6 Å². The van der Waals surface area contributed by atoms with Crippen molar-refractivity contribution < 1.29 is 9.53 Å². The molecule has 0 spiro atoms. The van der Waals surface area contributed by atoms with Crippen LogP contribution in [-0.2, 0) is 4.74 Å². The molecule has 1 fully saturated rings. The lowest BCUT2D eigenvalue weighted by Gasteiger charge is -2.22. The average Bonchev–Trinajstić information content (AvgIpc) is 2.94. The molecule has 18 heavy (non-hydrogen) atoms. The van der Waals surface area contributed by atoms with Crippen LogP contribution in [0.5, 0.6) is 0 Å². The molecule has 1 aliphatic heterocycles. The zero-order valence-corrected chi connectivity index (χ0v) is 11.9. The van der Waals surface area contributed by atoms with Gasteiger partial charge in [-0.3, -0.25) is 4.79 Å². The molecular weight excluding hydrogens is 248 g/mol. The summed E-state index contributed by atoms with van der Waals surface area (Å²) in [7, 11) is 0. The molecule has 0 aliphatic carbocycles. The normalized spacial score (nSPS) is 23.6. The van der Waals surface area contributed by atoms with Crippen molar-refractivity contribution >= 4 is 17.2 Å². The first kappa shape index (κ1) is 13.5. The van der Waals surface area contributed by atoms with Crippen molar-refractivity contribution in [3.05, 3.63) is 16.1 Å². The first-order chi connectivity index (χ1) is 8.59. The summed E-state index contributed by atoms with van der Waals surface area (Å²) in [6, 6.07) is 0. The van der Waals surface area contributed by atoms with Gasteiger partial charge >= 0.3 is 0 Å². The number of hydrogen-bond acceptors (Lipinski definition) is 4. The van der Waals surface area contributed by atoms with Gasteiger partial charge < -0.3 is 10.1 Å². The summed E-state index contributed by atoms with van der Waals surface area (Å²) in [5, 5.41) is 3.00. The molecule has 0 radical (unpaired) electrons. The Kier molecular flexibility index (Phi) is 4.35.